The smallest absolute Gasteiger partial charge is 0.273 e. The Hall–Kier alpha value is -2.59. The number of fused-ring (bicyclic) bond motifs is 1. The lowest BCUT2D eigenvalue weighted by Crippen LogP contribution is -2.35. The number of hydrogen-bond donors (Lipinski definition) is 1. The zero-order valence-electron chi connectivity index (χ0n) is 14.0. The van der Waals surface area contributed by atoms with Crippen LogP contribution in [0.2, 0.25) is 5.02 Å². The minimum atomic E-state index is -0.199. The Labute approximate surface area is 151 Å². The van der Waals surface area contributed by atoms with Gasteiger partial charge in [0.05, 0.1) is 11.7 Å². The number of carbonyl (C=O) groups excluding carboxylic acids is 1. The quantitative estimate of drug-likeness (QED) is 0.744. The van der Waals surface area contributed by atoms with Crippen LogP contribution in [0.5, 0.6) is 0 Å². The van der Waals surface area contributed by atoms with E-state index in [4.69, 9.17) is 11.6 Å². The Morgan fingerprint density at radius 3 is 2.56 bits per heavy atom. The van der Waals surface area contributed by atoms with Crippen molar-refractivity contribution in [3.05, 3.63) is 76.4 Å². The van der Waals surface area contributed by atoms with Crippen LogP contribution in [-0.4, -0.2) is 27.0 Å². The maximum atomic E-state index is 13.0. The Morgan fingerprint density at radius 1 is 1.12 bits per heavy atom. The van der Waals surface area contributed by atoms with Crippen molar-refractivity contribution in [1.82, 2.24) is 15.1 Å². The molecule has 25 heavy (non-hydrogen) atoms. The van der Waals surface area contributed by atoms with E-state index in [9.17, 15) is 4.79 Å². The van der Waals surface area contributed by atoms with Crippen molar-refractivity contribution >= 4 is 17.5 Å². The number of H-pyrrole nitrogens is 1. The molecule has 1 N–H and O–H groups in total. The van der Waals surface area contributed by atoms with E-state index in [0.717, 1.165) is 22.4 Å². The number of carbonyl (C=O) groups is 1. The van der Waals surface area contributed by atoms with Gasteiger partial charge in [0.2, 0.25) is 0 Å². The van der Waals surface area contributed by atoms with Gasteiger partial charge < -0.3 is 4.90 Å². The summed E-state index contributed by atoms with van der Waals surface area (Å²) in [6, 6.07) is 17.5. The summed E-state index contributed by atoms with van der Waals surface area (Å²) < 4.78 is 0. The van der Waals surface area contributed by atoms with Gasteiger partial charge in [-0.3, -0.25) is 9.89 Å². The van der Waals surface area contributed by atoms with Gasteiger partial charge >= 0.3 is 0 Å². The van der Waals surface area contributed by atoms with Gasteiger partial charge in [-0.2, -0.15) is 5.10 Å². The van der Waals surface area contributed by atoms with Crippen LogP contribution in [0, 0.1) is 0 Å². The van der Waals surface area contributed by atoms with Gasteiger partial charge in [0.15, 0.2) is 0 Å². The lowest BCUT2D eigenvalue weighted by Gasteiger charge is -2.30. The standard InChI is InChI=1S/C20H18ClN3O/c1-12(2)24-19(14-9-6-10-15(21)11-14)16-17(13-7-4-3-5-8-13)22-23-18(16)20(24)25/h3-12,19H,1-2H3,(H,22,23). The van der Waals surface area contributed by atoms with Crippen LogP contribution in [0.15, 0.2) is 54.6 Å². The summed E-state index contributed by atoms with van der Waals surface area (Å²) in [6.45, 7) is 4.05. The molecule has 3 aromatic rings. The average molecular weight is 352 g/mol. The minimum Gasteiger partial charge on any atom is -0.324 e. The van der Waals surface area contributed by atoms with E-state index in [2.05, 4.69) is 10.2 Å². The summed E-state index contributed by atoms with van der Waals surface area (Å²) in [5, 5.41) is 8.06. The van der Waals surface area contributed by atoms with Gasteiger partial charge in [-0.15, -0.1) is 0 Å². The minimum absolute atomic E-state index is 0.0235. The molecule has 0 saturated heterocycles. The predicted octanol–water partition coefficient (Wildman–Crippen LogP) is 4.68. The number of nitrogens with one attached hydrogen (secondary N) is 1. The normalized spacial score (nSPS) is 16.6. The highest BCUT2D eigenvalue weighted by Crippen LogP contribution is 2.43. The van der Waals surface area contributed by atoms with E-state index in [1.807, 2.05) is 73.3 Å². The van der Waals surface area contributed by atoms with Crippen molar-refractivity contribution in [2.75, 3.05) is 0 Å². The van der Waals surface area contributed by atoms with Gasteiger partial charge in [-0.05, 0) is 31.5 Å². The third-order valence-electron chi connectivity index (χ3n) is 4.57. The number of rotatable bonds is 3. The average Bonchev–Trinajstić information content (AvgIpc) is 3.15. The molecule has 4 nitrogen and oxygen atoms in total. The summed E-state index contributed by atoms with van der Waals surface area (Å²) in [6.07, 6.45) is 0. The number of amides is 1. The lowest BCUT2D eigenvalue weighted by molar-refractivity contribution is 0.0688. The van der Waals surface area contributed by atoms with Crippen molar-refractivity contribution in [2.24, 2.45) is 0 Å². The van der Waals surface area contributed by atoms with Crippen LogP contribution in [-0.2, 0) is 0 Å². The molecule has 4 rings (SSSR count). The Bertz CT molecular complexity index is 933. The number of aromatic nitrogens is 2. The Morgan fingerprint density at radius 2 is 1.88 bits per heavy atom. The van der Waals surface area contributed by atoms with E-state index < -0.39 is 0 Å². The van der Waals surface area contributed by atoms with Gasteiger partial charge in [-0.1, -0.05) is 54.1 Å². The molecule has 1 unspecified atom stereocenters. The monoisotopic (exact) mass is 351 g/mol. The van der Waals surface area contributed by atoms with Crippen LogP contribution < -0.4 is 0 Å². The van der Waals surface area contributed by atoms with Crippen molar-refractivity contribution in [3.63, 3.8) is 0 Å². The van der Waals surface area contributed by atoms with E-state index in [-0.39, 0.29) is 18.0 Å². The highest BCUT2D eigenvalue weighted by Gasteiger charge is 2.43. The maximum Gasteiger partial charge on any atom is 0.273 e. The fourth-order valence-electron chi connectivity index (χ4n) is 3.52. The molecule has 1 aliphatic rings. The summed E-state index contributed by atoms with van der Waals surface area (Å²) in [5.41, 5.74) is 4.29. The van der Waals surface area contributed by atoms with Gasteiger partial charge in [0.1, 0.15) is 5.69 Å². The molecule has 1 amide bonds. The molecule has 0 saturated carbocycles. The molecule has 0 fully saturated rings. The Kier molecular flexibility index (Phi) is 3.85. The first-order valence-electron chi connectivity index (χ1n) is 8.29. The molecular weight excluding hydrogens is 334 g/mol. The van der Waals surface area contributed by atoms with Crippen LogP contribution in [0.25, 0.3) is 11.3 Å². The number of nitrogens with zero attached hydrogens (tertiary/aromatic N) is 2. The van der Waals surface area contributed by atoms with Crippen molar-refractivity contribution in [3.8, 4) is 11.3 Å². The fraction of sp³-hybridized carbons (Fsp3) is 0.200. The van der Waals surface area contributed by atoms with Crippen LogP contribution >= 0.6 is 11.6 Å². The largest absolute Gasteiger partial charge is 0.324 e. The molecule has 126 valence electrons. The number of aromatic amines is 1. The molecule has 0 aliphatic carbocycles. The second kappa shape index (κ2) is 6.05. The van der Waals surface area contributed by atoms with Gasteiger partial charge in [-0.25, -0.2) is 0 Å². The Balaban J connectivity index is 1.94. The zero-order chi connectivity index (χ0) is 17.6. The molecule has 1 atom stereocenters. The highest BCUT2D eigenvalue weighted by atomic mass is 35.5. The second-order valence-electron chi connectivity index (χ2n) is 6.49. The van der Waals surface area contributed by atoms with Crippen molar-refractivity contribution in [1.29, 1.82) is 0 Å². The summed E-state index contributed by atoms with van der Waals surface area (Å²) >= 11 is 6.22. The topological polar surface area (TPSA) is 49.0 Å². The van der Waals surface area contributed by atoms with E-state index in [0.29, 0.717) is 10.7 Å². The molecule has 1 aromatic heterocycles. The lowest BCUT2D eigenvalue weighted by atomic mass is 9.95. The zero-order valence-corrected chi connectivity index (χ0v) is 14.8. The third kappa shape index (κ3) is 2.53. The van der Waals surface area contributed by atoms with E-state index in [1.165, 1.54) is 0 Å². The highest BCUT2D eigenvalue weighted by molar-refractivity contribution is 6.30. The van der Waals surface area contributed by atoms with Crippen molar-refractivity contribution < 1.29 is 4.79 Å². The van der Waals surface area contributed by atoms with Gasteiger partial charge in [0, 0.05) is 22.2 Å². The van der Waals surface area contributed by atoms with E-state index in [1.54, 1.807) is 0 Å². The maximum absolute atomic E-state index is 13.0. The first-order chi connectivity index (χ1) is 12.1. The molecule has 0 radical (unpaired) electrons. The summed E-state index contributed by atoms with van der Waals surface area (Å²) in [4.78, 5) is 14.9. The predicted molar refractivity (Wildman–Crippen MR) is 98.6 cm³/mol. The van der Waals surface area contributed by atoms with Crippen LogP contribution in [0.3, 0.4) is 0 Å². The first kappa shape index (κ1) is 15.9. The number of benzene rings is 2. The third-order valence-corrected chi connectivity index (χ3v) is 4.81. The molecular formula is C20H18ClN3O. The van der Waals surface area contributed by atoms with Crippen molar-refractivity contribution in [2.45, 2.75) is 25.9 Å². The second-order valence-corrected chi connectivity index (χ2v) is 6.93. The molecule has 0 spiro atoms. The number of halogens is 1. The first-order valence-corrected chi connectivity index (χ1v) is 8.67. The molecule has 0 bridgehead atoms. The summed E-state index contributed by atoms with van der Waals surface area (Å²) in [7, 11) is 0. The number of hydrogen-bond acceptors (Lipinski definition) is 2. The molecule has 5 heteroatoms. The van der Waals surface area contributed by atoms with Gasteiger partial charge in [0.25, 0.3) is 5.91 Å². The van der Waals surface area contributed by atoms with Crippen LogP contribution in [0.4, 0.5) is 0 Å². The fourth-order valence-corrected chi connectivity index (χ4v) is 3.72. The molecule has 2 aromatic carbocycles. The summed E-state index contributed by atoms with van der Waals surface area (Å²) in [5.74, 6) is -0.0235. The van der Waals surface area contributed by atoms with Crippen LogP contribution in [0.1, 0.15) is 41.5 Å². The molecule has 2 heterocycles. The van der Waals surface area contributed by atoms with E-state index >= 15 is 0 Å². The SMILES string of the molecule is CC(C)N1C(=O)c2[nH]nc(-c3ccccc3)c2C1c1cccc(Cl)c1. The molecule has 1 aliphatic heterocycles.